The molecule has 19 heavy (non-hydrogen) atoms. The largest absolute Gasteiger partial charge is 0.493 e. The molecule has 2 rings (SSSR count). The quantitative estimate of drug-likeness (QED) is 0.380. The minimum atomic E-state index is 0.669. The summed E-state index contributed by atoms with van der Waals surface area (Å²) in [6.07, 6.45) is 2.73. The molecule has 4 nitrogen and oxygen atoms in total. The highest BCUT2D eigenvalue weighted by Gasteiger charge is 1.98. The lowest BCUT2D eigenvalue weighted by atomic mass is 10.3. The van der Waals surface area contributed by atoms with Crippen LogP contribution in [0.5, 0.6) is 5.75 Å². The Hall–Kier alpha value is -1.75. The van der Waals surface area contributed by atoms with Crippen LogP contribution in [0.4, 0.5) is 5.69 Å². The van der Waals surface area contributed by atoms with E-state index in [2.05, 4.69) is 9.97 Å². The first-order valence-corrected chi connectivity index (χ1v) is 7.13. The van der Waals surface area contributed by atoms with Gasteiger partial charge in [-0.3, -0.25) is 0 Å². The van der Waals surface area contributed by atoms with Crippen molar-refractivity contribution in [2.24, 2.45) is 0 Å². The van der Waals surface area contributed by atoms with Gasteiger partial charge in [-0.25, -0.2) is 9.97 Å². The van der Waals surface area contributed by atoms with E-state index in [1.165, 1.54) is 0 Å². The van der Waals surface area contributed by atoms with E-state index in [1.54, 1.807) is 18.0 Å². The number of nitrogens with two attached hydrogens (primary N) is 1. The minimum Gasteiger partial charge on any atom is -0.493 e. The van der Waals surface area contributed by atoms with Gasteiger partial charge in [-0.2, -0.15) is 0 Å². The molecule has 0 unspecified atom stereocenters. The maximum Gasteiger partial charge on any atom is 0.187 e. The standard InChI is InChI=1S/C14H17N3OS/c1-11-6-7-16-14(17-11)19-9-3-8-18-13-5-2-4-12(15)10-13/h2,4-7,10H,3,8-9,15H2,1H3. The van der Waals surface area contributed by atoms with Gasteiger partial charge in [-0.15, -0.1) is 0 Å². The van der Waals surface area contributed by atoms with Crippen LogP contribution in [-0.2, 0) is 0 Å². The fraction of sp³-hybridized carbons (Fsp3) is 0.286. The lowest BCUT2D eigenvalue weighted by Gasteiger charge is -2.06. The molecule has 0 radical (unpaired) electrons. The Morgan fingerprint density at radius 3 is 3.00 bits per heavy atom. The lowest BCUT2D eigenvalue weighted by Crippen LogP contribution is -1.99. The molecule has 2 aromatic rings. The first-order valence-electron chi connectivity index (χ1n) is 6.15. The number of nitrogens with zero attached hydrogens (tertiary/aromatic N) is 2. The zero-order valence-corrected chi connectivity index (χ0v) is 11.7. The number of nitrogen functional groups attached to an aromatic ring is 1. The predicted octanol–water partition coefficient (Wildman–Crippen LogP) is 2.93. The summed E-state index contributed by atoms with van der Waals surface area (Å²) >= 11 is 1.65. The molecule has 0 aliphatic heterocycles. The highest BCUT2D eigenvalue weighted by Crippen LogP contribution is 2.16. The van der Waals surface area contributed by atoms with Crippen molar-refractivity contribution in [3.05, 3.63) is 42.2 Å². The highest BCUT2D eigenvalue weighted by atomic mass is 32.2. The Bertz CT molecular complexity index is 486. The van der Waals surface area contributed by atoms with Crippen LogP contribution >= 0.6 is 11.8 Å². The lowest BCUT2D eigenvalue weighted by molar-refractivity contribution is 0.319. The van der Waals surface area contributed by atoms with Crippen LogP contribution in [0, 0.1) is 6.92 Å². The van der Waals surface area contributed by atoms with Gasteiger partial charge in [-0.1, -0.05) is 17.8 Å². The van der Waals surface area contributed by atoms with E-state index in [0.717, 1.165) is 34.5 Å². The summed E-state index contributed by atoms with van der Waals surface area (Å²) in [6, 6.07) is 9.37. The highest BCUT2D eigenvalue weighted by molar-refractivity contribution is 7.99. The third kappa shape index (κ3) is 4.79. The van der Waals surface area contributed by atoms with Crippen LogP contribution in [-0.4, -0.2) is 22.3 Å². The molecule has 0 fully saturated rings. The number of aryl methyl sites for hydroxylation is 1. The van der Waals surface area contributed by atoms with Crippen molar-refractivity contribution < 1.29 is 4.74 Å². The maximum atomic E-state index is 5.68. The van der Waals surface area contributed by atoms with E-state index in [-0.39, 0.29) is 0 Å². The predicted molar refractivity (Wildman–Crippen MR) is 78.5 cm³/mol. The molecule has 5 heteroatoms. The fourth-order valence-electron chi connectivity index (χ4n) is 1.51. The van der Waals surface area contributed by atoms with Crippen molar-refractivity contribution in [3.8, 4) is 5.75 Å². The smallest absolute Gasteiger partial charge is 0.187 e. The second-order valence-electron chi connectivity index (χ2n) is 4.10. The number of thioether (sulfide) groups is 1. The molecule has 0 aliphatic carbocycles. The summed E-state index contributed by atoms with van der Waals surface area (Å²) < 4.78 is 5.61. The molecule has 0 saturated heterocycles. The van der Waals surface area contributed by atoms with Crippen LogP contribution < -0.4 is 10.5 Å². The van der Waals surface area contributed by atoms with Crippen molar-refractivity contribution in [2.75, 3.05) is 18.1 Å². The first-order chi connectivity index (χ1) is 9.24. The van der Waals surface area contributed by atoms with Crippen molar-refractivity contribution in [1.29, 1.82) is 0 Å². The molecule has 2 N–H and O–H groups in total. The average molecular weight is 275 g/mol. The zero-order chi connectivity index (χ0) is 13.5. The molecule has 0 aliphatic rings. The Kier molecular flexibility index (Phi) is 5.03. The second-order valence-corrected chi connectivity index (χ2v) is 5.17. The number of ether oxygens (including phenoxy) is 1. The maximum absolute atomic E-state index is 5.68. The number of aromatic nitrogens is 2. The summed E-state index contributed by atoms with van der Waals surface area (Å²) in [5.41, 5.74) is 7.39. The van der Waals surface area contributed by atoms with Gasteiger partial charge in [0.1, 0.15) is 5.75 Å². The molecule has 1 aromatic carbocycles. The van der Waals surface area contributed by atoms with Crippen LogP contribution in [0.1, 0.15) is 12.1 Å². The van der Waals surface area contributed by atoms with E-state index < -0.39 is 0 Å². The summed E-state index contributed by atoms with van der Waals surface area (Å²) in [5.74, 6) is 1.75. The topological polar surface area (TPSA) is 61.0 Å². The van der Waals surface area contributed by atoms with Gasteiger partial charge >= 0.3 is 0 Å². The van der Waals surface area contributed by atoms with Crippen molar-refractivity contribution in [3.63, 3.8) is 0 Å². The summed E-state index contributed by atoms with van der Waals surface area (Å²) in [6.45, 7) is 2.64. The van der Waals surface area contributed by atoms with Crippen LogP contribution in [0.15, 0.2) is 41.7 Å². The van der Waals surface area contributed by atoms with Gasteiger partial charge in [0.2, 0.25) is 0 Å². The second kappa shape index (κ2) is 6.99. The van der Waals surface area contributed by atoms with Gasteiger partial charge in [-0.05, 0) is 31.5 Å². The monoisotopic (exact) mass is 275 g/mol. The molecular weight excluding hydrogens is 258 g/mol. The van der Waals surface area contributed by atoms with Crippen molar-refractivity contribution >= 4 is 17.4 Å². The Balaban J connectivity index is 1.67. The Labute approximate surface area is 117 Å². The molecule has 0 amide bonds. The van der Waals surface area contributed by atoms with Crippen LogP contribution in [0.3, 0.4) is 0 Å². The number of hydrogen-bond donors (Lipinski definition) is 1. The molecule has 0 bridgehead atoms. The van der Waals surface area contributed by atoms with Gasteiger partial charge in [0, 0.05) is 29.4 Å². The van der Waals surface area contributed by atoms with Crippen LogP contribution in [0.25, 0.3) is 0 Å². The molecule has 0 atom stereocenters. The molecular formula is C14H17N3OS. The summed E-state index contributed by atoms with van der Waals surface area (Å²) in [5, 5.41) is 0.823. The van der Waals surface area contributed by atoms with Gasteiger partial charge in [0.15, 0.2) is 5.16 Å². The Morgan fingerprint density at radius 1 is 1.32 bits per heavy atom. The van der Waals surface area contributed by atoms with Gasteiger partial charge in [0.05, 0.1) is 6.61 Å². The number of rotatable bonds is 6. The van der Waals surface area contributed by atoms with Crippen molar-refractivity contribution in [1.82, 2.24) is 9.97 Å². The molecule has 1 aromatic heterocycles. The number of benzene rings is 1. The van der Waals surface area contributed by atoms with E-state index in [4.69, 9.17) is 10.5 Å². The molecule has 0 spiro atoms. The van der Waals surface area contributed by atoms with E-state index in [0.29, 0.717) is 6.61 Å². The average Bonchev–Trinajstić information content (AvgIpc) is 2.38. The number of hydrogen-bond acceptors (Lipinski definition) is 5. The van der Waals surface area contributed by atoms with Crippen molar-refractivity contribution in [2.45, 2.75) is 18.5 Å². The third-order valence-electron chi connectivity index (χ3n) is 2.42. The van der Waals surface area contributed by atoms with Gasteiger partial charge < -0.3 is 10.5 Å². The Morgan fingerprint density at radius 2 is 2.21 bits per heavy atom. The molecule has 100 valence electrons. The molecule has 1 heterocycles. The van der Waals surface area contributed by atoms with E-state index in [1.807, 2.05) is 37.3 Å². The fourth-order valence-corrected chi connectivity index (χ4v) is 2.30. The molecule has 0 saturated carbocycles. The van der Waals surface area contributed by atoms with E-state index in [9.17, 15) is 0 Å². The zero-order valence-electron chi connectivity index (χ0n) is 10.9. The number of anilines is 1. The van der Waals surface area contributed by atoms with Gasteiger partial charge in [0.25, 0.3) is 0 Å². The van der Waals surface area contributed by atoms with E-state index >= 15 is 0 Å². The normalized spacial score (nSPS) is 10.4. The summed E-state index contributed by atoms with van der Waals surface area (Å²) in [7, 11) is 0. The third-order valence-corrected chi connectivity index (χ3v) is 3.37. The SMILES string of the molecule is Cc1ccnc(SCCCOc2cccc(N)c2)n1. The summed E-state index contributed by atoms with van der Waals surface area (Å²) in [4.78, 5) is 8.54. The van der Waals surface area contributed by atoms with Crippen LogP contribution in [0.2, 0.25) is 0 Å². The minimum absolute atomic E-state index is 0.669. The first kappa shape index (κ1) is 13.7.